The Morgan fingerprint density at radius 1 is 0.412 bits per heavy atom. The number of carbonyl (C=O) groups excluding carboxylic acids is 2. The van der Waals surface area contributed by atoms with Gasteiger partial charge in [0.15, 0.2) is 0 Å². The van der Waals surface area contributed by atoms with Crippen molar-refractivity contribution in [1.82, 2.24) is 5.32 Å². The molecule has 0 bridgehead atoms. The highest BCUT2D eigenvalue weighted by Crippen LogP contribution is 2.38. The minimum atomic E-state index is -4.71. The van der Waals surface area contributed by atoms with Gasteiger partial charge in [0, 0.05) is 12.8 Å². The minimum Gasteiger partial charge on any atom is -0.756 e. The molecule has 0 radical (unpaired) electrons. The van der Waals surface area contributed by atoms with Gasteiger partial charge in [0.25, 0.3) is 7.82 Å². The molecule has 0 saturated carbocycles. The predicted molar refractivity (Wildman–Crippen MR) is 367 cm³/mol. The van der Waals surface area contributed by atoms with Crippen molar-refractivity contribution in [3.05, 3.63) is 85.1 Å². The highest BCUT2D eigenvalue weighted by Gasteiger charge is 2.27. The molecule has 0 aliphatic heterocycles. The topological polar surface area (TPSA) is 114 Å². The summed E-state index contributed by atoms with van der Waals surface area (Å²) in [6, 6.07) is -0.895. The molecule has 494 valence electrons. The fourth-order valence-corrected chi connectivity index (χ4v) is 11.0. The summed E-state index contributed by atoms with van der Waals surface area (Å²) in [6.45, 7) is 6.81. The normalized spacial score (nSPS) is 14.0. The molecule has 0 aromatic heterocycles. The van der Waals surface area contributed by atoms with E-state index in [4.69, 9.17) is 13.8 Å². The van der Waals surface area contributed by atoms with Crippen molar-refractivity contribution in [2.45, 2.75) is 341 Å². The Morgan fingerprint density at radius 2 is 0.718 bits per heavy atom. The van der Waals surface area contributed by atoms with Gasteiger partial charge >= 0.3 is 5.97 Å². The Morgan fingerprint density at radius 3 is 1.09 bits per heavy atom. The molecule has 3 atom stereocenters. The molecule has 3 unspecified atom stereocenters. The van der Waals surface area contributed by atoms with Crippen LogP contribution in [0.3, 0.4) is 0 Å². The van der Waals surface area contributed by atoms with E-state index in [9.17, 15) is 19.0 Å². The maximum Gasteiger partial charge on any atom is 0.306 e. The van der Waals surface area contributed by atoms with Crippen LogP contribution in [0.2, 0.25) is 0 Å². The third kappa shape index (κ3) is 65.5. The predicted octanol–water partition coefficient (Wildman–Crippen LogP) is 22.3. The van der Waals surface area contributed by atoms with Gasteiger partial charge in [0.2, 0.25) is 5.91 Å². The summed E-state index contributed by atoms with van der Waals surface area (Å²) in [5.41, 5.74) is 0. The lowest BCUT2D eigenvalue weighted by molar-refractivity contribution is -0.870. The van der Waals surface area contributed by atoms with E-state index in [0.29, 0.717) is 17.4 Å². The number of quaternary nitrogens is 1. The highest BCUT2D eigenvalue weighted by molar-refractivity contribution is 7.45. The number of likely N-dealkylation sites (N-methyl/N-ethyl adjacent to an activating group) is 1. The number of allylic oxidation sites excluding steroid dienone is 13. The number of esters is 1. The Balaban J connectivity index is 5.02. The first-order valence-electron chi connectivity index (χ1n) is 35.9. The maximum absolute atomic E-state index is 13.6. The van der Waals surface area contributed by atoms with Crippen LogP contribution in [0.15, 0.2) is 85.1 Å². The number of ether oxygens (including phenoxy) is 1. The monoisotopic (exact) mass is 1210 g/mol. The van der Waals surface area contributed by atoms with Gasteiger partial charge in [-0.1, -0.05) is 292 Å². The Kier molecular flexibility index (Phi) is 62.1. The summed E-state index contributed by atoms with van der Waals surface area (Å²) in [5.74, 6) is -0.541. The molecule has 1 amide bonds. The molecule has 10 heteroatoms. The molecule has 0 aromatic rings. The molecule has 0 spiro atoms. The summed E-state index contributed by atoms with van der Waals surface area (Å²) in [7, 11) is 1.18. The van der Waals surface area contributed by atoms with Gasteiger partial charge in [0.05, 0.1) is 33.8 Å². The maximum atomic E-state index is 13.6. The van der Waals surface area contributed by atoms with Crippen LogP contribution in [0.1, 0.15) is 329 Å². The summed E-state index contributed by atoms with van der Waals surface area (Å²) >= 11 is 0. The van der Waals surface area contributed by atoms with Crippen LogP contribution in [-0.2, 0) is 27.9 Å². The van der Waals surface area contributed by atoms with E-state index in [1.54, 1.807) is 0 Å². The van der Waals surface area contributed by atoms with Gasteiger partial charge in [-0.3, -0.25) is 14.2 Å². The number of rotatable bonds is 65. The fourth-order valence-electron chi connectivity index (χ4n) is 10.2. The minimum absolute atomic E-state index is 0.0255. The number of phosphoric ester groups is 1. The average molecular weight is 1210 g/mol. The van der Waals surface area contributed by atoms with Gasteiger partial charge in [-0.25, -0.2) is 0 Å². The Labute approximate surface area is 526 Å². The van der Waals surface area contributed by atoms with E-state index < -0.39 is 26.6 Å². The molecule has 0 aromatic carbocycles. The number of carbonyl (C=O) groups is 2. The second-order valence-corrected chi connectivity index (χ2v) is 26.8. The number of nitrogens with zero attached hydrogens (tertiary/aromatic N) is 1. The molecule has 85 heavy (non-hydrogen) atoms. The first kappa shape index (κ1) is 82.2. The van der Waals surface area contributed by atoms with Crippen LogP contribution in [0.4, 0.5) is 0 Å². The lowest BCUT2D eigenvalue weighted by atomic mass is 10.0. The molecule has 1 N–H and O–H groups in total. The molecule has 0 aliphatic rings. The molecule has 0 aliphatic carbocycles. The summed E-state index contributed by atoms with van der Waals surface area (Å²) < 4.78 is 30.4. The van der Waals surface area contributed by atoms with E-state index in [2.05, 4.69) is 99.0 Å². The van der Waals surface area contributed by atoms with Gasteiger partial charge in [0.1, 0.15) is 19.3 Å². The number of hydrogen-bond donors (Lipinski definition) is 1. The van der Waals surface area contributed by atoms with E-state index >= 15 is 0 Å². The molecule has 0 saturated heterocycles. The smallest absolute Gasteiger partial charge is 0.306 e. The lowest BCUT2D eigenvalue weighted by Gasteiger charge is -2.30. The Hall–Kier alpha value is -2.81. The number of amides is 1. The van der Waals surface area contributed by atoms with Crippen molar-refractivity contribution >= 4 is 19.7 Å². The highest BCUT2D eigenvalue weighted by atomic mass is 31.2. The summed E-state index contributed by atoms with van der Waals surface area (Å²) in [5, 5.41) is 3.04. The summed E-state index contributed by atoms with van der Waals surface area (Å²) in [6.07, 6.45) is 85.6. The SMILES string of the molecule is CCCCC/C=C\C/C=C\C/C=C\CCCCCCCCCCCCCCC(=O)NC(COP(=O)([O-])OCC[N+](C)(C)C)C(/C=C/CCCCCCCCCCC)OC(=O)CCCCCCCCCCCC/C=C\C/C=C\C/C=C\CCCCC. The molecule has 9 nitrogen and oxygen atoms in total. The standard InChI is InChI=1S/C75H137N2O7P/c1-7-10-13-16-19-22-25-27-29-31-33-35-37-38-40-41-43-45-47-49-52-55-58-61-64-67-74(78)76-72(71-83-85(80,81)82-70-69-77(4,5)6)73(66-63-60-57-54-51-24-21-18-15-12-9-3)84-75(79)68-65-62-59-56-53-50-48-46-44-42-39-36-34-32-30-28-26-23-20-17-14-11-8-2/h19-20,22-23,27-30,33-36,63,66,72-73H,7-18,21,24-26,31-32,37-62,64-65,67-71H2,1-6H3,(H-,76,78,80,81)/b22-19-,23-20-,29-27-,30-28-,35-33-,36-34-,66-63+. The first-order valence-corrected chi connectivity index (χ1v) is 37.4. The number of unbranched alkanes of at least 4 members (excludes halogenated alkanes) is 37. The van der Waals surface area contributed by atoms with Gasteiger partial charge in [-0.2, -0.15) is 0 Å². The second kappa shape index (κ2) is 64.2. The third-order valence-corrected chi connectivity index (χ3v) is 16.8. The van der Waals surface area contributed by atoms with Crippen LogP contribution in [-0.4, -0.2) is 69.4 Å². The van der Waals surface area contributed by atoms with Crippen molar-refractivity contribution in [3.63, 3.8) is 0 Å². The van der Waals surface area contributed by atoms with Crippen molar-refractivity contribution in [2.75, 3.05) is 40.9 Å². The number of hydrogen-bond acceptors (Lipinski definition) is 7. The van der Waals surface area contributed by atoms with Crippen molar-refractivity contribution < 1.29 is 37.3 Å². The van der Waals surface area contributed by atoms with E-state index in [0.717, 1.165) is 89.9 Å². The van der Waals surface area contributed by atoms with Crippen LogP contribution in [0.5, 0.6) is 0 Å². The first-order chi connectivity index (χ1) is 41.4. The lowest BCUT2D eigenvalue weighted by Crippen LogP contribution is -2.47. The van der Waals surface area contributed by atoms with Crippen LogP contribution in [0, 0.1) is 0 Å². The Bertz CT molecular complexity index is 1730. The van der Waals surface area contributed by atoms with Crippen molar-refractivity contribution in [1.29, 1.82) is 0 Å². The summed E-state index contributed by atoms with van der Waals surface area (Å²) in [4.78, 5) is 40.2. The molecular weight excluding hydrogens is 1070 g/mol. The molecule has 0 heterocycles. The largest absolute Gasteiger partial charge is 0.756 e. The zero-order valence-electron chi connectivity index (χ0n) is 56.6. The van der Waals surface area contributed by atoms with E-state index in [1.807, 2.05) is 33.3 Å². The van der Waals surface area contributed by atoms with Crippen LogP contribution < -0.4 is 10.2 Å². The van der Waals surface area contributed by atoms with Crippen molar-refractivity contribution in [2.24, 2.45) is 0 Å². The quantitative estimate of drug-likeness (QED) is 0.0212. The molecule has 0 rings (SSSR count). The number of nitrogens with one attached hydrogen (secondary N) is 1. The molecular formula is C75H137N2O7P. The fraction of sp³-hybridized carbons (Fsp3) is 0.787. The zero-order chi connectivity index (χ0) is 62.1. The van der Waals surface area contributed by atoms with Gasteiger partial charge < -0.3 is 28.5 Å². The number of phosphoric acid groups is 1. The van der Waals surface area contributed by atoms with Gasteiger partial charge in [-0.15, -0.1) is 0 Å². The second-order valence-electron chi connectivity index (χ2n) is 25.4. The average Bonchev–Trinajstić information content (AvgIpc) is 3.64. The zero-order valence-corrected chi connectivity index (χ0v) is 57.4. The third-order valence-electron chi connectivity index (χ3n) is 15.8. The van der Waals surface area contributed by atoms with E-state index in [-0.39, 0.29) is 24.9 Å². The molecule has 0 fully saturated rings. The van der Waals surface area contributed by atoms with Gasteiger partial charge in [-0.05, 0) is 109 Å². The van der Waals surface area contributed by atoms with E-state index in [1.165, 1.54) is 205 Å². The van der Waals surface area contributed by atoms with Crippen LogP contribution in [0.25, 0.3) is 0 Å². The van der Waals surface area contributed by atoms with Crippen molar-refractivity contribution in [3.8, 4) is 0 Å². The van der Waals surface area contributed by atoms with Crippen LogP contribution >= 0.6 is 7.82 Å².